The molecule has 0 radical (unpaired) electrons. The van der Waals surface area contributed by atoms with Gasteiger partial charge in [0, 0.05) is 24.1 Å². The molecule has 0 aliphatic carbocycles. The Morgan fingerprint density at radius 1 is 1.35 bits per heavy atom. The van der Waals surface area contributed by atoms with Crippen molar-refractivity contribution in [1.82, 2.24) is 4.90 Å². The van der Waals surface area contributed by atoms with E-state index in [4.69, 9.17) is 5.11 Å². The van der Waals surface area contributed by atoms with Crippen LogP contribution >= 0.6 is 11.8 Å². The largest absolute Gasteiger partial charge is 0.480 e. The second kappa shape index (κ2) is 6.61. The molecule has 0 aromatic heterocycles. The van der Waals surface area contributed by atoms with E-state index in [1.807, 2.05) is 31.2 Å². The van der Waals surface area contributed by atoms with Crippen molar-refractivity contribution in [2.75, 3.05) is 18.1 Å². The lowest BCUT2D eigenvalue weighted by Gasteiger charge is -2.31. The van der Waals surface area contributed by atoms with Crippen LogP contribution < -0.4 is 0 Å². The third-order valence-corrected chi connectivity index (χ3v) is 4.22. The van der Waals surface area contributed by atoms with Crippen LogP contribution in [-0.4, -0.2) is 46.0 Å². The van der Waals surface area contributed by atoms with Crippen LogP contribution in [0.3, 0.4) is 0 Å². The number of hydrogen-bond acceptors (Lipinski definition) is 3. The summed E-state index contributed by atoms with van der Waals surface area (Å²) in [6.07, 6.45) is 3.18. The van der Waals surface area contributed by atoms with Gasteiger partial charge in [0.25, 0.3) is 0 Å². The van der Waals surface area contributed by atoms with E-state index in [1.165, 1.54) is 11.0 Å². The molecule has 1 unspecified atom stereocenters. The summed E-state index contributed by atoms with van der Waals surface area (Å²) in [5.41, 5.74) is 2.09. The van der Waals surface area contributed by atoms with E-state index in [1.54, 1.807) is 17.8 Å². The number of thioether (sulfide) groups is 1. The molecule has 5 heteroatoms. The van der Waals surface area contributed by atoms with Gasteiger partial charge in [-0.2, -0.15) is 11.8 Å². The normalized spacial score (nSPS) is 19.2. The molecule has 106 valence electrons. The van der Waals surface area contributed by atoms with Gasteiger partial charge in [-0.05, 0) is 18.6 Å². The highest BCUT2D eigenvalue weighted by atomic mass is 32.2. The van der Waals surface area contributed by atoms with Gasteiger partial charge in [-0.15, -0.1) is 0 Å². The van der Waals surface area contributed by atoms with Crippen molar-refractivity contribution in [1.29, 1.82) is 0 Å². The minimum absolute atomic E-state index is 0.238. The van der Waals surface area contributed by atoms with Crippen LogP contribution in [0.25, 0.3) is 6.08 Å². The number of aryl methyl sites for hydroxylation is 1. The van der Waals surface area contributed by atoms with Crippen LogP contribution in [0.15, 0.2) is 30.3 Å². The number of aliphatic carboxylic acids is 1. The first-order chi connectivity index (χ1) is 9.58. The molecule has 1 amide bonds. The molecule has 0 spiro atoms. The van der Waals surface area contributed by atoms with Crippen LogP contribution in [0.4, 0.5) is 0 Å². The second-order valence-corrected chi connectivity index (χ2v) is 5.85. The molecule has 4 nitrogen and oxygen atoms in total. The molecule has 20 heavy (non-hydrogen) atoms. The molecule has 1 aromatic rings. The van der Waals surface area contributed by atoms with E-state index >= 15 is 0 Å². The fourth-order valence-corrected chi connectivity index (χ4v) is 3.05. The Morgan fingerprint density at radius 3 is 2.70 bits per heavy atom. The number of amides is 1. The summed E-state index contributed by atoms with van der Waals surface area (Å²) in [6.45, 7) is 2.49. The van der Waals surface area contributed by atoms with Crippen molar-refractivity contribution < 1.29 is 14.7 Å². The third kappa shape index (κ3) is 3.63. The molecular weight excluding hydrogens is 274 g/mol. The Labute approximate surface area is 122 Å². The molecule has 1 saturated heterocycles. The summed E-state index contributed by atoms with van der Waals surface area (Å²) < 4.78 is 0. The average molecular weight is 291 g/mol. The van der Waals surface area contributed by atoms with Crippen LogP contribution in [0.1, 0.15) is 11.1 Å². The minimum Gasteiger partial charge on any atom is -0.480 e. The lowest BCUT2D eigenvalue weighted by atomic mass is 10.1. The quantitative estimate of drug-likeness (QED) is 0.866. The summed E-state index contributed by atoms with van der Waals surface area (Å²) in [5, 5.41) is 9.14. The first-order valence-corrected chi connectivity index (χ1v) is 7.59. The molecule has 0 saturated carbocycles. The lowest BCUT2D eigenvalue weighted by molar-refractivity contribution is -0.147. The molecular formula is C15H17NO3S. The smallest absolute Gasteiger partial charge is 0.327 e. The number of carboxylic acid groups (broad SMARTS) is 1. The van der Waals surface area contributed by atoms with Crippen molar-refractivity contribution in [2.24, 2.45) is 0 Å². The number of carbonyl (C=O) groups excluding carboxylic acids is 1. The van der Waals surface area contributed by atoms with Gasteiger partial charge in [-0.25, -0.2) is 4.79 Å². The van der Waals surface area contributed by atoms with Crippen molar-refractivity contribution in [2.45, 2.75) is 13.0 Å². The molecule has 1 N–H and O–H groups in total. The molecule has 0 bridgehead atoms. The first kappa shape index (κ1) is 14.7. The van der Waals surface area contributed by atoms with Gasteiger partial charge >= 0.3 is 5.97 Å². The van der Waals surface area contributed by atoms with Gasteiger partial charge in [-0.1, -0.05) is 29.8 Å². The maximum Gasteiger partial charge on any atom is 0.327 e. The van der Waals surface area contributed by atoms with E-state index in [2.05, 4.69) is 0 Å². The van der Waals surface area contributed by atoms with Crippen LogP contribution in [-0.2, 0) is 9.59 Å². The Morgan fingerprint density at radius 2 is 2.05 bits per heavy atom. The van der Waals surface area contributed by atoms with Crippen LogP contribution in [0.2, 0.25) is 0 Å². The summed E-state index contributed by atoms with van der Waals surface area (Å²) in [5.74, 6) is 0.0698. The van der Waals surface area contributed by atoms with Crippen LogP contribution in [0.5, 0.6) is 0 Å². The Kier molecular flexibility index (Phi) is 4.84. The zero-order valence-corrected chi connectivity index (χ0v) is 12.1. The molecule has 1 aliphatic heterocycles. The predicted octanol–water partition coefficient (Wildman–Crippen LogP) is 2.04. The summed E-state index contributed by atoms with van der Waals surface area (Å²) in [7, 11) is 0. The molecule has 1 fully saturated rings. The van der Waals surface area contributed by atoms with Gasteiger partial charge < -0.3 is 10.0 Å². The van der Waals surface area contributed by atoms with E-state index in [0.29, 0.717) is 12.3 Å². The average Bonchev–Trinajstić information content (AvgIpc) is 2.46. The fourth-order valence-electron chi connectivity index (χ4n) is 2.01. The minimum atomic E-state index is -0.936. The highest BCUT2D eigenvalue weighted by molar-refractivity contribution is 7.99. The maximum atomic E-state index is 12.1. The molecule has 1 atom stereocenters. The van der Waals surface area contributed by atoms with Crippen molar-refractivity contribution in [3.8, 4) is 0 Å². The maximum absolute atomic E-state index is 12.1. The zero-order chi connectivity index (χ0) is 14.5. The number of hydrogen-bond donors (Lipinski definition) is 1. The van der Waals surface area contributed by atoms with Crippen molar-refractivity contribution >= 4 is 29.7 Å². The standard InChI is InChI=1S/C15H17NO3S/c1-11-2-4-12(5-3-11)6-7-14(17)16-8-9-20-10-13(16)15(18)19/h2-7,13H,8-10H2,1H3,(H,18,19)/b7-6+. The van der Waals surface area contributed by atoms with Gasteiger partial charge in [-0.3, -0.25) is 4.79 Å². The zero-order valence-electron chi connectivity index (χ0n) is 11.3. The number of carboxylic acids is 1. The number of benzene rings is 1. The predicted molar refractivity (Wildman–Crippen MR) is 80.7 cm³/mol. The highest BCUT2D eigenvalue weighted by Crippen LogP contribution is 2.17. The molecule has 2 rings (SSSR count). The second-order valence-electron chi connectivity index (χ2n) is 4.70. The third-order valence-electron chi connectivity index (χ3n) is 3.19. The van der Waals surface area contributed by atoms with E-state index in [-0.39, 0.29) is 5.91 Å². The topological polar surface area (TPSA) is 57.6 Å². The van der Waals surface area contributed by atoms with E-state index in [0.717, 1.165) is 16.9 Å². The summed E-state index contributed by atoms with van der Waals surface area (Å²) in [6, 6.07) is 7.09. The Hall–Kier alpha value is -1.75. The monoisotopic (exact) mass is 291 g/mol. The number of rotatable bonds is 3. The molecule has 1 aliphatic rings. The van der Waals surface area contributed by atoms with Crippen LogP contribution in [0, 0.1) is 6.92 Å². The van der Waals surface area contributed by atoms with E-state index in [9.17, 15) is 9.59 Å². The number of nitrogens with zero attached hydrogens (tertiary/aromatic N) is 1. The Balaban J connectivity index is 2.06. The van der Waals surface area contributed by atoms with Gasteiger partial charge in [0.05, 0.1) is 0 Å². The first-order valence-electron chi connectivity index (χ1n) is 6.44. The summed E-state index contributed by atoms with van der Waals surface area (Å²) in [4.78, 5) is 24.7. The molecule has 1 heterocycles. The SMILES string of the molecule is Cc1ccc(/C=C/C(=O)N2CCSCC2C(=O)O)cc1. The lowest BCUT2D eigenvalue weighted by Crippen LogP contribution is -2.49. The molecule has 1 aromatic carbocycles. The summed E-state index contributed by atoms with van der Waals surface area (Å²) >= 11 is 1.57. The fraction of sp³-hybridized carbons (Fsp3) is 0.333. The highest BCUT2D eigenvalue weighted by Gasteiger charge is 2.31. The number of carbonyl (C=O) groups is 2. The Bertz CT molecular complexity index is 524. The van der Waals surface area contributed by atoms with Gasteiger partial charge in [0.15, 0.2) is 0 Å². The van der Waals surface area contributed by atoms with Gasteiger partial charge in [0.1, 0.15) is 6.04 Å². The van der Waals surface area contributed by atoms with Crippen molar-refractivity contribution in [3.05, 3.63) is 41.5 Å². The van der Waals surface area contributed by atoms with Gasteiger partial charge in [0.2, 0.25) is 5.91 Å². The van der Waals surface area contributed by atoms with E-state index < -0.39 is 12.0 Å². The van der Waals surface area contributed by atoms with Crippen molar-refractivity contribution in [3.63, 3.8) is 0 Å².